The van der Waals surface area contributed by atoms with Gasteiger partial charge in [-0.15, -0.1) is 0 Å². The summed E-state index contributed by atoms with van der Waals surface area (Å²) in [5.74, 6) is 0.158. The predicted molar refractivity (Wildman–Crippen MR) is 122 cm³/mol. The number of rotatable bonds is 6. The molecule has 0 bridgehead atoms. The van der Waals surface area contributed by atoms with Gasteiger partial charge >= 0.3 is 0 Å². The number of carbonyl (C=O) groups is 1. The van der Waals surface area contributed by atoms with Crippen LogP contribution in [0.25, 0.3) is 0 Å². The maximum atomic E-state index is 13.0. The Morgan fingerprint density at radius 3 is 2.32 bits per heavy atom. The molecule has 0 fully saturated rings. The van der Waals surface area contributed by atoms with Gasteiger partial charge in [-0.2, -0.15) is 5.10 Å². The average Bonchev–Trinajstić information content (AvgIpc) is 3.11. The van der Waals surface area contributed by atoms with Crippen molar-refractivity contribution in [2.75, 3.05) is 19.4 Å². The molecule has 0 saturated carbocycles. The molecular weight excluding hydrogens is 412 g/mol. The Hall–Kier alpha value is -2.97. The van der Waals surface area contributed by atoms with Crippen molar-refractivity contribution < 1.29 is 13.2 Å². The molecule has 0 spiro atoms. The van der Waals surface area contributed by atoms with Crippen molar-refractivity contribution in [1.29, 1.82) is 0 Å². The molecule has 1 aromatic heterocycles. The molecule has 31 heavy (non-hydrogen) atoms. The Kier molecular flexibility index (Phi) is 6.33. The van der Waals surface area contributed by atoms with Gasteiger partial charge in [-0.3, -0.25) is 4.79 Å². The number of hydrogen-bond donors (Lipinski definition) is 1. The van der Waals surface area contributed by atoms with Gasteiger partial charge in [-0.25, -0.2) is 17.4 Å². The molecule has 8 heteroatoms. The first kappa shape index (κ1) is 22.7. The van der Waals surface area contributed by atoms with E-state index >= 15 is 0 Å². The van der Waals surface area contributed by atoms with E-state index in [0.29, 0.717) is 12.4 Å². The lowest BCUT2D eigenvalue weighted by Crippen LogP contribution is -2.23. The normalized spacial score (nSPS) is 12.2. The summed E-state index contributed by atoms with van der Waals surface area (Å²) < 4.78 is 27.7. The molecule has 3 rings (SSSR count). The summed E-state index contributed by atoms with van der Waals surface area (Å²) in [4.78, 5) is 13.0. The Bertz CT molecular complexity index is 1180. The Morgan fingerprint density at radius 1 is 1.03 bits per heavy atom. The van der Waals surface area contributed by atoms with Crippen LogP contribution < -0.4 is 5.32 Å². The van der Waals surface area contributed by atoms with Gasteiger partial charge in [0.15, 0.2) is 0 Å². The fourth-order valence-corrected chi connectivity index (χ4v) is 3.91. The van der Waals surface area contributed by atoms with Gasteiger partial charge < -0.3 is 5.32 Å². The highest BCUT2D eigenvalue weighted by Gasteiger charge is 2.22. The third-order valence-corrected chi connectivity index (χ3v) is 6.65. The first-order chi connectivity index (χ1) is 14.5. The number of aromatic nitrogens is 2. The first-order valence-corrected chi connectivity index (χ1v) is 11.4. The summed E-state index contributed by atoms with van der Waals surface area (Å²) in [7, 11) is -0.721. The average molecular weight is 441 g/mol. The van der Waals surface area contributed by atoms with Crippen LogP contribution in [0.2, 0.25) is 0 Å². The predicted octanol–water partition coefficient (Wildman–Crippen LogP) is 3.73. The standard InChI is InChI=1S/C23H28N4O3S/c1-23(2,3)20-15-21(27(25-20)16-17-10-7-6-8-11-17)24-22(28)18-12-9-13-19(14-18)31(29,30)26(4)5/h6-15H,16H2,1-5H3,(H,24,28). The highest BCUT2D eigenvalue weighted by molar-refractivity contribution is 7.89. The van der Waals surface area contributed by atoms with Gasteiger partial charge in [-0.1, -0.05) is 57.2 Å². The van der Waals surface area contributed by atoms with Gasteiger partial charge in [0.25, 0.3) is 5.91 Å². The Balaban J connectivity index is 1.93. The van der Waals surface area contributed by atoms with E-state index in [2.05, 4.69) is 26.1 Å². The van der Waals surface area contributed by atoms with E-state index in [1.54, 1.807) is 16.8 Å². The lowest BCUT2D eigenvalue weighted by Gasteiger charge is -2.14. The van der Waals surface area contributed by atoms with Crippen molar-refractivity contribution in [2.45, 2.75) is 37.6 Å². The SMILES string of the molecule is CN(C)S(=O)(=O)c1cccc(C(=O)Nc2cc(C(C)(C)C)nn2Cc2ccccc2)c1. The highest BCUT2D eigenvalue weighted by Crippen LogP contribution is 2.25. The highest BCUT2D eigenvalue weighted by atomic mass is 32.2. The molecular formula is C23H28N4O3S. The zero-order chi connectivity index (χ0) is 22.8. The monoisotopic (exact) mass is 440 g/mol. The lowest BCUT2D eigenvalue weighted by atomic mass is 9.92. The van der Waals surface area contributed by atoms with E-state index in [0.717, 1.165) is 15.6 Å². The number of anilines is 1. The second-order valence-corrected chi connectivity index (χ2v) is 10.7. The second-order valence-electron chi connectivity index (χ2n) is 8.58. The van der Waals surface area contributed by atoms with Gasteiger partial charge in [0, 0.05) is 31.1 Å². The maximum Gasteiger partial charge on any atom is 0.256 e. The lowest BCUT2D eigenvalue weighted by molar-refractivity contribution is 0.102. The Labute approximate surface area is 183 Å². The van der Waals surface area contributed by atoms with E-state index in [1.807, 2.05) is 36.4 Å². The third-order valence-electron chi connectivity index (χ3n) is 4.84. The maximum absolute atomic E-state index is 13.0. The molecule has 164 valence electrons. The summed E-state index contributed by atoms with van der Waals surface area (Å²) in [6, 6.07) is 17.7. The van der Waals surface area contributed by atoms with E-state index < -0.39 is 15.9 Å². The number of amides is 1. The Morgan fingerprint density at radius 2 is 1.71 bits per heavy atom. The summed E-state index contributed by atoms with van der Waals surface area (Å²) >= 11 is 0. The number of benzene rings is 2. The molecule has 1 amide bonds. The largest absolute Gasteiger partial charge is 0.307 e. The van der Waals surface area contributed by atoms with E-state index in [-0.39, 0.29) is 15.9 Å². The van der Waals surface area contributed by atoms with Crippen LogP contribution in [0.15, 0.2) is 65.6 Å². The molecule has 2 aromatic carbocycles. The van der Waals surface area contributed by atoms with Gasteiger partial charge in [0.05, 0.1) is 17.1 Å². The van der Waals surface area contributed by atoms with Crippen molar-refractivity contribution in [1.82, 2.24) is 14.1 Å². The summed E-state index contributed by atoms with van der Waals surface area (Å²) in [6.45, 7) is 6.68. The van der Waals surface area contributed by atoms with Gasteiger partial charge in [0.2, 0.25) is 10.0 Å². The molecule has 7 nitrogen and oxygen atoms in total. The van der Waals surface area contributed by atoms with Crippen molar-refractivity contribution in [3.63, 3.8) is 0 Å². The van der Waals surface area contributed by atoms with Crippen LogP contribution in [0.4, 0.5) is 5.82 Å². The van der Waals surface area contributed by atoms with Crippen LogP contribution in [0.3, 0.4) is 0 Å². The fourth-order valence-electron chi connectivity index (χ4n) is 2.96. The quantitative estimate of drug-likeness (QED) is 0.633. The summed E-state index contributed by atoms with van der Waals surface area (Å²) in [6.07, 6.45) is 0. The van der Waals surface area contributed by atoms with Crippen LogP contribution in [-0.4, -0.2) is 42.5 Å². The molecule has 0 aliphatic heterocycles. The minimum Gasteiger partial charge on any atom is -0.307 e. The molecule has 0 radical (unpaired) electrons. The van der Waals surface area contributed by atoms with E-state index in [1.165, 1.54) is 26.2 Å². The molecule has 0 aliphatic carbocycles. The van der Waals surface area contributed by atoms with Crippen LogP contribution >= 0.6 is 0 Å². The molecule has 0 unspecified atom stereocenters. The number of hydrogen-bond acceptors (Lipinski definition) is 4. The molecule has 0 saturated heterocycles. The zero-order valence-corrected chi connectivity index (χ0v) is 19.3. The topological polar surface area (TPSA) is 84.3 Å². The van der Waals surface area contributed by atoms with E-state index in [4.69, 9.17) is 5.10 Å². The van der Waals surface area contributed by atoms with Crippen LogP contribution in [0, 0.1) is 0 Å². The zero-order valence-electron chi connectivity index (χ0n) is 18.5. The smallest absolute Gasteiger partial charge is 0.256 e. The number of nitrogens with zero attached hydrogens (tertiary/aromatic N) is 3. The van der Waals surface area contributed by atoms with Crippen molar-refractivity contribution in [3.05, 3.63) is 77.5 Å². The van der Waals surface area contributed by atoms with Crippen LogP contribution in [-0.2, 0) is 22.0 Å². The van der Waals surface area contributed by atoms with Crippen LogP contribution in [0.1, 0.15) is 42.4 Å². The van der Waals surface area contributed by atoms with E-state index in [9.17, 15) is 13.2 Å². The van der Waals surface area contributed by atoms with Gasteiger partial charge in [0.1, 0.15) is 5.82 Å². The van der Waals surface area contributed by atoms with Crippen molar-refractivity contribution >= 4 is 21.7 Å². The molecule has 1 N–H and O–H groups in total. The number of nitrogens with one attached hydrogen (secondary N) is 1. The molecule has 0 atom stereocenters. The summed E-state index contributed by atoms with van der Waals surface area (Å²) in [5, 5.41) is 7.60. The molecule has 3 aromatic rings. The minimum absolute atomic E-state index is 0.0679. The minimum atomic E-state index is -3.63. The van der Waals surface area contributed by atoms with Gasteiger partial charge in [-0.05, 0) is 23.8 Å². The molecule has 0 aliphatic rings. The molecule has 1 heterocycles. The number of sulfonamides is 1. The first-order valence-electron chi connectivity index (χ1n) is 9.94. The van der Waals surface area contributed by atoms with Crippen molar-refractivity contribution in [3.8, 4) is 0 Å². The fraction of sp³-hybridized carbons (Fsp3) is 0.304. The third kappa shape index (κ3) is 5.21. The number of carbonyl (C=O) groups excluding carboxylic acids is 1. The second kappa shape index (κ2) is 8.64. The summed E-state index contributed by atoms with van der Waals surface area (Å²) in [5.41, 5.74) is 1.97. The van der Waals surface area contributed by atoms with Crippen molar-refractivity contribution in [2.24, 2.45) is 0 Å². The van der Waals surface area contributed by atoms with Crippen LogP contribution in [0.5, 0.6) is 0 Å².